The minimum absolute atomic E-state index is 0.232. The Hall–Kier alpha value is -0.790. The molecule has 1 aliphatic carbocycles. The van der Waals surface area contributed by atoms with E-state index in [9.17, 15) is 9.90 Å². The van der Waals surface area contributed by atoms with Crippen LogP contribution in [0, 0.1) is 11.3 Å². The van der Waals surface area contributed by atoms with Crippen molar-refractivity contribution in [2.24, 2.45) is 11.3 Å². The van der Waals surface area contributed by atoms with E-state index in [2.05, 4.69) is 19.1 Å². The van der Waals surface area contributed by atoms with Crippen LogP contribution in [0.25, 0.3) is 0 Å². The van der Waals surface area contributed by atoms with Gasteiger partial charge in [-0.1, -0.05) is 38.3 Å². The zero-order chi connectivity index (χ0) is 11.3. The second kappa shape index (κ2) is 5.34. The molecular formula is C13H22O2. The fourth-order valence-corrected chi connectivity index (χ4v) is 2.34. The summed E-state index contributed by atoms with van der Waals surface area (Å²) in [6.07, 6.45) is 10.5. The first-order valence-electron chi connectivity index (χ1n) is 6.01. The molecule has 0 aromatic rings. The van der Waals surface area contributed by atoms with Gasteiger partial charge in [-0.05, 0) is 32.1 Å². The van der Waals surface area contributed by atoms with E-state index in [1.807, 2.05) is 6.92 Å². The highest BCUT2D eigenvalue weighted by atomic mass is 16.4. The van der Waals surface area contributed by atoms with Gasteiger partial charge >= 0.3 is 5.97 Å². The number of carboxylic acid groups (broad SMARTS) is 1. The number of carbonyl (C=O) groups is 1. The molecular weight excluding hydrogens is 188 g/mol. The molecule has 2 unspecified atom stereocenters. The fourth-order valence-electron chi connectivity index (χ4n) is 2.34. The number of allylic oxidation sites excluding steroid dienone is 2. The summed E-state index contributed by atoms with van der Waals surface area (Å²) in [6.45, 7) is 4.07. The van der Waals surface area contributed by atoms with E-state index in [4.69, 9.17) is 0 Å². The van der Waals surface area contributed by atoms with Crippen LogP contribution in [-0.2, 0) is 4.79 Å². The predicted octanol–water partition coefficient (Wildman–Crippen LogP) is 3.62. The highest BCUT2D eigenvalue weighted by Crippen LogP contribution is 2.40. The summed E-state index contributed by atoms with van der Waals surface area (Å²) in [7, 11) is 0. The predicted molar refractivity (Wildman–Crippen MR) is 61.7 cm³/mol. The molecule has 0 saturated heterocycles. The molecule has 0 spiro atoms. The van der Waals surface area contributed by atoms with Crippen molar-refractivity contribution < 1.29 is 9.90 Å². The average Bonchev–Trinajstić information content (AvgIpc) is 2.21. The largest absolute Gasteiger partial charge is 0.481 e. The van der Waals surface area contributed by atoms with Crippen LogP contribution >= 0.6 is 0 Å². The van der Waals surface area contributed by atoms with Gasteiger partial charge in [0.1, 0.15) is 0 Å². The van der Waals surface area contributed by atoms with E-state index in [1.54, 1.807) is 0 Å². The SMILES string of the molecule is CCCCCC1C=CCCC1(C)C(=O)O. The summed E-state index contributed by atoms with van der Waals surface area (Å²) in [5, 5.41) is 9.29. The first kappa shape index (κ1) is 12.3. The lowest BCUT2D eigenvalue weighted by atomic mass is 9.69. The summed E-state index contributed by atoms with van der Waals surface area (Å²) >= 11 is 0. The molecule has 86 valence electrons. The maximum Gasteiger partial charge on any atom is 0.309 e. The van der Waals surface area contributed by atoms with Gasteiger partial charge in [-0.2, -0.15) is 0 Å². The monoisotopic (exact) mass is 210 g/mol. The van der Waals surface area contributed by atoms with Crippen molar-refractivity contribution in [3.63, 3.8) is 0 Å². The minimum atomic E-state index is -0.631. The molecule has 1 aliphatic rings. The van der Waals surface area contributed by atoms with Crippen LogP contribution in [0.5, 0.6) is 0 Å². The molecule has 1 N–H and O–H groups in total. The molecule has 0 radical (unpaired) electrons. The van der Waals surface area contributed by atoms with E-state index in [0.29, 0.717) is 0 Å². The van der Waals surface area contributed by atoms with Crippen molar-refractivity contribution in [1.29, 1.82) is 0 Å². The third-order valence-electron chi connectivity index (χ3n) is 3.62. The first-order valence-corrected chi connectivity index (χ1v) is 6.01. The molecule has 0 bridgehead atoms. The highest BCUT2D eigenvalue weighted by Gasteiger charge is 2.40. The Morgan fingerprint density at radius 1 is 1.53 bits per heavy atom. The molecule has 0 aliphatic heterocycles. The summed E-state index contributed by atoms with van der Waals surface area (Å²) in [5.41, 5.74) is -0.525. The molecule has 0 amide bonds. The Morgan fingerprint density at radius 3 is 2.87 bits per heavy atom. The number of aliphatic carboxylic acids is 1. The standard InChI is InChI=1S/C13H22O2/c1-3-4-5-8-11-9-6-7-10-13(11,2)12(14)15/h6,9,11H,3-5,7-8,10H2,1-2H3,(H,14,15). The molecule has 0 heterocycles. The molecule has 0 aromatic heterocycles. The molecule has 2 heteroatoms. The zero-order valence-corrected chi connectivity index (χ0v) is 9.83. The average molecular weight is 210 g/mol. The molecule has 2 nitrogen and oxygen atoms in total. The van der Waals surface area contributed by atoms with Gasteiger partial charge in [0, 0.05) is 0 Å². The maximum atomic E-state index is 11.3. The molecule has 0 aromatic carbocycles. The molecule has 0 saturated carbocycles. The van der Waals surface area contributed by atoms with E-state index in [0.717, 1.165) is 25.7 Å². The van der Waals surface area contributed by atoms with Crippen LogP contribution in [0.4, 0.5) is 0 Å². The molecule has 15 heavy (non-hydrogen) atoms. The number of hydrogen-bond acceptors (Lipinski definition) is 1. The van der Waals surface area contributed by atoms with E-state index >= 15 is 0 Å². The number of rotatable bonds is 5. The van der Waals surface area contributed by atoms with Crippen LogP contribution in [-0.4, -0.2) is 11.1 Å². The van der Waals surface area contributed by atoms with Crippen LogP contribution < -0.4 is 0 Å². The van der Waals surface area contributed by atoms with Crippen molar-refractivity contribution in [2.75, 3.05) is 0 Å². The lowest BCUT2D eigenvalue weighted by Gasteiger charge is -2.34. The number of hydrogen-bond donors (Lipinski definition) is 1. The van der Waals surface area contributed by atoms with Crippen LogP contribution in [0.15, 0.2) is 12.2 Å². The zero-order valence-electron chi connectivity index (χ0n) is 9.83. The second-order valence-electron chi connectivity index (χ2n) is 4.79. The summed E-state index contributed by atoms with van der Waals surface area (Å²) in [6, 6.07) is 0. The fraction of sp³-hybridized carbons (Fsp3) is 0.769. The minimum Gasteiger partial charge on any atom is -0.481 e. The van der Waals surface area contributed by atoms with Crippen molar-refractivity contribution in [2.45, 2.75) is 52.4 Å². The summed E-state index contributed by atoms with van der Waals surface area (Å²) in [4.78, 5) is 11.3. The maximum absolute atomic E-state index is 11.3. The number of carboxylic acids is 1. The van der Waals surface area contributed by atoms with Gasteiger partial charge < -0.3 is 5.11 Å². The van der Waals surface area contributed by atoms with Crippen LogP contribution in [0.2, 0.25) is 0 Å². The van der Waals surface area contributed by atoms with Gasteiger partial charge in [0.25, 0.3) is 0 Å². The van der Waals surface area contributed by atoms with Gasteiger partial charge in [-0.25, -0.2) is 0 Å². The quantitative estimate of drug-likeness (QED) is 0.556. The Labute approximate surface area is 92.4 Å². The Balaban J connectivity index is 2.61. The van der Waals surface area contributed by atoms with Crippen molar-refractivity contribution >= 4 is 5.97 Å². The van der Waals surface area contributed by atoms with Crippen LogP contribution in [0.1, 0.15) is 52.4 Å². The van der Waals surface area contributed by atoms with Crippen molar-refractivity contribution in [3.05, 3.63) is 12.2 Å². The topological polar surface area (TPSA) is 37.3 Å². The van der Waals surface area contributed by atoms with Crippen molar-refractivity contribution in [3.8, 4) is 0 Å². The highest BCUT2D eigenvalue weighted by molar-refractivity contribution is 5.75. The Morgan fingerprint density at radius 2 is 2.27 bits per heavy atom. The first-order chi connectivity index (χ1) is 7.11. The third kappa shape index (κ3) is 2.83. The number of unbranched alkanes of at least 4 members (excludes halogenated alkanes) is 2. The van der Waals surface area contributed by atoms with Crippen molar-refractivity contribution in [1.82, 2.24) is 0 Å². The van der Waals surface area contributed by atoms with Gasteiger partial charge in [-0.3, -0.25) is 4.79 Å². The Kier molecular flexibility index (Phi) is 4.37. The lowest BCUT2D eigenvalue weighted by Crippen LogP contribution is -2.36. The van der Waals surface area contributed by atoms with E-state index < -0.39 is 11.4 Å². The van der Waals surface area contributed by atoms with Gasteiger partial charge in [0.05, 0.1) is 5.41 Å². The van der Waals surface area contributed by atoms with Gasteiger partial charge in [0.2, 0.25) is 0 Å². The van der Waals surface area contributed by atoms with Gasteiger partial charge in [-0.15, -0.1) is 0 Å². The third-order valence-corrected chi connectivity index (χ3v) is 3.62. The van der Waals surface area contributed by atoms with Crippen LogP contribution in [0.3, 0.4) is 0 Å². The van der Waals surface area contributed by atoms with E-state index in [1.165, 1.54) is 12.8 Å². The molecule has 1 rings (SSSR count). The van der Waals surface area contributed by atoms with Gasteiger partial charge in [0.15, 0.2) is 0 Å². The Bertz CT molecular complexity index is 245. The van der Waals surface area contributed by atoms with E-state index in [-0.39, 0.29) is 5.92 Å². The molecule has 0 fully saturated rings. The lowest BCUT2D eigenvalue weighted by molar-refractivity contribution is -0.151. The summed E-state index contributed by atoms with van der Waals surface area (Å²) < 4.78 is 0. The second-order valence-corrected chi connectivity index (χ2v) is 4.79. The molecule has 2 atom stereocenters. The smallest absolute Gasteiger partial charge is 0.309 e. The normalized spacial score (nSPS) is 30.4. The summed E-state index contributed by atoms with van der Waals surface area (Å²) in [5.74, 6) is -0.399.